The number of hydrogen-bond acceptors (Lipinski definition) is 1. The van der Waals surface area contributed by atoms with E-state index >= 15 is 0 Å². The minimum absolute atomic E-state index is 0. The van der Waals surface area contributed by atoms with Gasteiger partial charge in [0.1, 0.15) is 0 Å². The molecule has 0 amide bonds. The molecule has 38 valence electrons. The second-order valence-electron chi connectivity index (χ2n) is 0.527. The van der Waals surface area contributed by atoms with Crippen molar-refractivity contribution >= 4 is 32.2 Å². The number of rotatable bonds is 1. The molecule has 4 heteroatoms. The Kier molecular flexibility index (Phi) is 8.42. The second-order valence-corrected chi connectivity index (χ2v) is 0.527. The molecule has 0 saturated heterocycles. The normalized spacial score (nSPS) is 6.17. The van der Waals surface area contributed by atoms with Gasteiger partial charge in [0.25, 0.3) is 0 Å². The Labute approximate surface area is 53.5 Å². The minimum atomic E-state index is -1.41. The number of aliphatic carboxylic acids is 1. The molecule has 1 N–H and O–H groups in total. The summed E-state index contributed by atoms with van der Waals surface area (Å²) in [5, 5.41) is 7.35. The summed E-state index contributed by atoms with van der Waals surface area (Å²) in [5.41, 5.74) is 0. The Morgan fingerprint density at radius 2 is 2.00 bits per heavy atom. The molecule has 0 bridgehead atoms. The van der Waals surface area contributed by atoms with Gasteiger partial charge in [-0.05, 0) is 0 Å². The van der Waals surface area contributed by atoms with Crippen LogP contribution in [0, 0.1) is 0 Å². The zero-order valence-corrected chi connectivity index (χ0v) is 8.65. The van der Waals surface area contributed by atoms with Crippen LogP contribution in [0.25, 0.3) is 0 Å². The van der Waals surface area contributed by atoms with Crippen LogP contribution in [0.3, 0.4) is 0 Å². The molecule has 0 unspecified atom stereocenters. The molecule has 0 heterocycles. The molecule has 0 aliphatic rings. The fourth-order valence-corrected chi connectivity index (χ4v) is 0. The van der Waals surface area contributed by atoms with E-state index in [1.165, 1.54) is 0 Å². The quantitative estimate of drug-likeness (QED) is 0.620. The van der Waals surface area contributed by atoms with E-state index in [4.69, 9.17) is 9.90 Å². The summed E-state index contributed by atoms with van der Waals surface area (Å²) >= 11 is 0. The average molecular weight is 290 g/mol. The van der Waals surface area contributed by atoms with Crippen LogP contribution >= 0.6 is 0 Å². The van der Waals surface area contributed by atoms with Gasteiger partial charge in [-0.1, -0.05) is 0 Å². The maximum atomic E-state index is 10.5. The van der Waals surface area contributed by atoms with Gasteiger partial charge in [0, 0.05) is 0 Å². The first kappa shape index (κ1) is 9.56. The zero-order chi connectivity index (χ0) is 4.28. The van der Waals surface area contributed by atoms with E-state index < -0.39 is 12.6 Å². The van der Waals surface area contributed by atoms with E-state index in [2.05, 4.69) is 0 Å². The number of carboxylic acids is 1. The summed E-state index contributed by atoms with van der Waals surface area (Å²) < 4.78 is 10.5. The van der Waals surface area contributed by atoms with Crippen molar-refractivity contribution in [3.05, 3.63) is 0 Å². The average Bonchev–Trinajstić information content (AvgIpc) is 1.38. The van der Waals surface area contributed by atoms with Gasteiger partial charge >= 0.3 is 32.2 Å². The van der Waals surface area contributed by atoms with Crippen LogP contribution in [0.15, 0.2) is 0 Å². The molecule has 0 atom stereocenters. The fourth-order valence-electron chi connectivity index (χ4n) is 0. The molecule has 6 heavy (non-hydrogen) atoms. The third kappa shape index (κ3) is 8.86. The Hall–Kier alpha value is 0.283. The first-order valence-corrected chi connectivity index (χ1v) is 1.05. The van der Waals surface area contributed by atoms with Gasteiger partial charge in [0.2, 0.25) is 0 Å². The van der Waals surface area contributed by atoms with Gasteiger partial charge in [-0.3, -0.25) is 0 Å². The number of alkyl halides is 1. The zero-order valence-electron chi connectivity index (χ0n) is 3.15. The summed E-state index contributed by atoms with van der Waals surface area (Å²) in [6.07, 6.45) is 0. The maximum absolute atomic E-state index is 10.5. The van der Waals surface area contributed by atoms with Gasteiger partial charge < -0.3 is 5.11 Å². The van der Waals surface area contributed by atoms with Crippen molar-refractivity contribution < 1.29 is 14.3 Å². The molecule has 0 aliphatic carbocycles. The van der Waals surface area contributed by atoms with Crippen molar-refractivity contribution in [3.8, 4) is 0 Å². The van der Waals surface area contributed by atoms with Crippen molar-refractivity contribution in [2.75, 3.05) is 6.67 Å². The van der Waals surface area contributed by atoms with E-state index in [1.807, 2.05) is 0 Å². The third-order valence-electron chi connectivity index (χ3n) is 0.114. The van der Waals surface area contributed by atoms with Crippen molar-refractivity contribution in [3.63, 3.8) is 0 Å². The van der Waals surface area contributed by atoms with Crippen molar-refractivity contribution in [1.82, 2.24) is 0 Å². The number of carbonyl (C=O) groups is 1. The van der Waals surface area contributed by atoms with Crippen LogP contribution in [0.4, 0.5) is 4.39 Å². The summed E-state index contributed by atoms with van der Waals surface area (Å²) in [7, 11) is 0. The molecule has 0 rings (SSSR count). The molecular weight excluding hydrogens is 284 g/mol. The summed E-state index contributed by atoms with van der Waals surface area (Å²) in [6.45, 7) is -1.28. The van der Waals surface area contributed by atoms with E-state index in [9.17, 15) is 4.39 Å². The molecule has 0 fully saturated rings. The Morgan fingerprint density at radius 1 is 1.83 bits per heavy atom. The van der Waals surface area contributed by atoms with Crippen LogP contribution in [0.1, 0.15) is 0 Å². The van der Waals surface area contributed by atoms with Gasteiger partial charge in [-0.2, -0.15) is 0 Å². The molecule has 0 aromatic heterocycles. The van der Waals surface area contributed by atoms with Crippen molar-refractivity contribution in [2.45, 2.75) is 0 Å². The molecule has 2 nitrogen and oxygen atoms in total. The van der Waals surface area contributed by atoms with Crippen LogP contribution < -0.4 is 0 Å². The van der Waals surface area contributed by atoms with Gasteiger partial charge in [-0.15, -0.1) is 0 Å². The van der Waals surface area contributed by atoms with Crippen LogP contribution in [0.5, 0.6) is 0 Å². The molecule has 0 saturated carbocycles. The first-order valence-electron chi connectivity index (χ1n) is 1.05. The molecule has 0 aromatic rings. The Morgan fingerprint density at radius 3 is 2.00 bits per heavy atom. The molecule has 0 radical (unpaired) electrons. The van der Waals surface area contributed by atoms with Crippen molar-refractivity contribution in [1.29, 1.82) is 0 Å². The van der Waals surface area contributed by atoms with E-state index in [0.29, 0.717) is 0 Å². The number of halogens is 1. The summed E-state index contributed by atoms with van der Waals surface area (Å²) in [4.78, 5) is 8.99. The SMILES string of the molecule is O=C(O)CF.[BiH3]. The molecule has 0 spiro atoms. The van der Waals surface area contributed by atoms with Crippen LogP contribution in [-0.2, 0) is 4.79 Å². The van der Waals surface area contributed by atoms with Crippen molar-refractivity contribution in [2.24, 2.45) is 0 Å². The second kappa shape index (κ2) is 5.28. The van der Waals surface area contributed by atoms with Gasteiger partial charge in [-0.25, -0.2) is 9.18 Å². The standard InChI is InChI=1S/C2H3FO2.Bi.3H/c3-1-2(4)5;;;;/h1H2,(H,4,5);;;;. The summed E-state index contributed by atoms with van der Waals surface area (Å²) in [5.74, 6) is -1.41. The monoisotopic (exact) mass is 290 g/mol. The summed E-state index contributed by atoms with van der Waals surface area (Å²) in [6, 6.07) is 0. The predicted octanol–water partition coefficient (Wildman–Crippen LogP) is -1.14. The number of carboxylic acid groups (broad SMARTS) is 1. The van der Waals surface area contributed by atoms with E-state index in [-0.39, 0.29) is 26.2 Å². The number of hydrogen-bond donors (Lipinski definition) is 1. The van der Waals surface area contributed by atoms with Gasteiger partial charge in [0.05, 0.1) is 0 Å². The van der Waals surface area contributed by atoms with Crippen LogP contribution in [-0.4, -0.2) is 44.0 Å². The fraction of sp³-hybridized carbons (Fsp3) is 0.500. The predicted molar refractivity (Wildman–Crippen MR) is 23.5 cm³/mol. The van der Waals surface area contributed by atoms with E-state index in [0.717, 1.165) is 0 Å². The Balaban J connectivity index is 0. The molecule has 0 aliphatic heterocycles. The third-order valence-corrected chi connectivity index (χ3v) is 0.114. The van der Waals surface area contributed by atoms with E-state index in [1.54, 1.807) is 0 Å². The molecule has 0 aromatic carbocycles. The van der Waals surface area contributed by atoms with Gasteiger partial charge in [0.15, 0.2) is 6.67 Å². The first-order chi connectivity index (χ1) is 2.27. The topological polar surface area (TPSA) is 37.3 Å². The Bertz CT molecular complexity index is 46.8. The van der Waals surface area contributed by atoms with Crippen LogP contribution in [0.2, 0.25) is 0 Å². The molecular formula is C2H6BiFO2.